The van der Waals surface area contributed by atoms with E-state index in [2.05, 4.69) is 60.7 Å². The van der Waals surface area contributed by atoms with E-state index >= 15 is 0 Å². The summed E-state index contributed by atoms with van der Waals surface area (Å²) in [6.07, 6.45) is 0. The molecule has 0 radical (unpaired) electrons. The van der Waals surface area contributed by atoms with Gasteiger partial charge >= 0.3 is 0 Å². The quantitative estimate of drug-likeness (QED) is 0.154. The van der Waals surface area contributed by atoms with Crippen molar-refractivity contribution in [3.8, 4) is 89.8 Å². The van der Waals surface area contributed by atoms with Gasteiger partial charge in [0.05, 0.1) is 12.3 Å². The largest absolute Gasteiger partial charge is 0.455 e. The fraction of sp³-hybridized carbons (Fsp3) is 0. The Morgan fingerprint density at radius 2 is 0.803 bits per heavy atom. The molecule has 2 heterocycles. The van der Waals surface area contributed by atoms with Crippen molar-refractivity contribution in [3.05, 3.63) is 224 Å². The molecule has 4 nitrogen and oxygen atoms in total. The lowest BCUT2D eigenvalue weighted by Crippen LogP contribution is -2.00. The Balaban J connectivity index is 1.08. The maximum absolute atomic E-state index is 9.33. The second-order valence-electron chi connectivity index (χ2n) is 14.5. The summed E-state index contributed by atoms with van der Waals surface area (Å²) in [5.41, 5.74) is 9.39. The first-order chi connectivity index (χ1) is 34.0. The van der Waals surface area contributed by atoms with Gasteiger partial charge in [0, 0.05) is 33.0 Å². The lowest BCUT2D eigenvalue weighted by atomic mass is 9.98. The van der Waals surface area contributed by atoms with Crippen molar-refractivity contribution in [3.63, 3.8) is 0 Å². The van der Waals surface area contributed by atoms with Gasteiger partial charge in [-0.05, 0) is 62.2 Å². The average molecular weight is 789 g/mol. The lowest BCUT2D eigenvalue weighted by Gasteiger charge is -2.11. The summed E-state index contributed by atoms with van der Waals surface area (Å²) in [5, 5.41) is 1.51. The fourth-order valence-electron chi connectivity index (χ4n) is 7.72. The molecule has 286 valence electrons. The van der Waals surface area contributed by atoms with Crippen LogP contribution < -0.4 is 0 Å². The van der Waals surface area contributed by atoms with Crippen molar-refractivity contribution in [1.29, 1.82) is 0 Å². The summed E-state index contributed by atoms with van der Waals surface area (Å²) in [4.78, 5) is 14.8. The van der Waals surface area contributed by atoms with Crippen LogP contribution in [0.25, 0.3) is 112 Å². The molecule has 11 rings (SSSR count). The highest BCUT2D eigenvalue weighted by Gasteiger charge is 2.20. The number of aromatic nitrogens is 3. The summed E-state index contributed by atoms with van der Waals surface area (Å²) < 4.78 is 85.5. The van der Waals surface area contributed by atoms with Crippen LogP contribution in [-0.4, -0.2) is 15.0 Å². The van der Waals surface area contributed by atoms with Gasteiger partial charge in [-0.3, -0.25) is 0 Å². The molecule has 0 fully saturated rings. The van der Waals surface area contributed by atoms with Gasteiger partial charge in [-0.15, -0.1) is 0 Å². The van der Waals surface area contributed by atoms with Gasteiger partial charge in [-0.25, -0.2) is 15.0 Å². The number of para-hydroxylation sites is 1. The molecule has 0 bridgehead atoms. The van der Waals surface area contributed by atoms with Gasteiger partial charge in [-0.1, -0.05) is 212 Å². The Bertz CT molecular complexity index is 3810. The predicted octanol–water partition coefficient (Wildman–Crippen LogP) is 15.1. The topological polar surface area (TPSA) is 51.8 Å². The molecule has 4 heteroatoms. The first-order valence-electron chi connectivity index (χ1n) is 24.3. The first-order valence-corrected chi connectivity index (χ1v) is 19.8. The van der Waals surface area contributed by atoms with E-state index in [9.17, 15) is 5.48 Å². The highest BCUT2D eigenvalue weighted by atomic mass is 16.3. The zero-order valence-electron chi connectivity index (χ0n) is 41.4. The number of fused-ring (bicyclic) bond motifs is 3. The van der Waals surface area contributed by atoms with Gasteiger partial charge in [0.1, 0.15) is 11.2 Å². The molecular weight excluding hydrogens is 743 g/mol. The monoisotopic (exact) mass is 788 g/mol. The van der Waals surface area contributed by atoms with E-state index in [1.807, 2.05) is 109 Å². The molecule has 0 amide bonds. The SMILES string of the molecule is [2H]c1c([2H])c([2H])c(-c2c([2H])c([2H])c(-c3nc(-c4ccc(-c5cccc(-c6ccccc6)c5)cc4)nc(-c4cccc5oc6c(-c7ccc(-c8ccccc8)cc7)cccc6c45)n3)c([2H])c2[2H])c([2H])c1[2H]. The Morgan fingerprint density at radius 3 is 1.49 bits per heavy atom. The van der Waals surface area contributed by atoms with Crippen LogP contribution >= 0.6 is 0 Å². The van der Waals surface area contributed by atoms with Gasteiger partial charge in [-0.2, -0.15) is 0 Å². The van der Waals surface area contributed by atoms with Crippen LogP contribution in [0.2, 0.25) is 0 Å². The Morgan fingerprint density at radius 1 is 0.328 bits per heavy atom. The zero-order valence-corrected chi connectivity index (χ0v) is 32.4. The van der Waals surface area contributed by atoms with E-state index in [4.69, 9.17) is 26.2 Å². The first kappa shape index (κ1) is 27.5. The molecule has 0 N–H and O–H groups in total. The average Bonchev–Trinajstić information content (AvgIpc) is 3.80. The Hall–Kier alpha value is -8.21. The maximum atomic E-state index is 9.33. The minimum absolute atomic E-state index is 0.159. The van der Waals surface area contributed by atoms with Gasteiger partial charge in [0.25, 0.3) is 0 Å². The number of hydrogen-bond donors (Lipinski definition) is 0. The molecule has 61 heavy (non-hydrogen) atoms. The van der Waals surface area contributed by atoms with E-state index in [-0.39, 0.29) is 23.0 Å². The number of benzene rings is 9. The number of furan rings is 1. The molecule has 0 aliphatic heterocycles. The van der Waals surface area contributed by atoms with E-state index < -0.39 is 65.5 Å². The summed E-state index contributed by atoms with van der Waals surface area (Å²) in [6, 6.07) is 50.5. The molecule has 0 saturated heterocycles. The molecule has 0 spiro atoms. The van der Waals surface area contributed by atoms with Crippen molar-refractivity contribution in [2.45, 2.75) is 0 Å². The molecule has 0 aliphatic rings. The number of rotatable bonds is 8. The summed E-state index contributed by atoms with van der Waals surface area (Å²) in [5.74, 6) is 0.213. The highest BCUT2D eigenvalue weighted by Crippen LogP contribution is 2.41. The van der Waals surface area contributed by atoms with Gasteiger partial charge in [0.2, 0.25) is 0 Å². The van der Waals surface area contributed by atoms with Gasteiger partial charge in [0.15, 0.2) is 17.5 Å². The normalized spacial score (nSPS) is 13.3. The van der Waals surface area contributed by atoms with Gasteiger partial charge < -0.3 is 4.42 Å². The van der Waals surface area contributed by atoms with Crippen molar-refractivity contribution in [1.82, 2.24) is 15.0 Å². The third kappa shape index (κ3) is 6.96. The van der Waals surface area contributed by atoms with Crippen LogP contribution in [0.3, 0.4) is 0 Å². The molecule has 0 atom stereocenters. The standard InChI is InChI=1S/C57H37N3O/c1-4-13-38(14-5-1)41-25-31-44(32-26-41)49-21-11-22-50-53-51(23-12-24-52(53)61-54(49)50)57-59-55(45-33-27-42(28-34-45)39-15-6-2-7-16-39)58-56(60-57)46-35-29-43(30-36-46)48-20-10-19-47(37-48)40-17-8-3-9-18-40/h1-37H/i2D,6D,7D,15D,16D,27D,28D,33D,34D. The molecular formula is C57H37N3O. The minimum Gasteiger partial charge on any atom is -0.455 e. The summed E-state index contributed by atoms with van der Waals surface area (Å²) >= 11 is 0. The molecule has 0 saturated carbocycles. The molecule has 9 aromatic carbocycles. The van der Waals surface area contributed by atoms with Crippen molar-refractivity contribution >= 4 is 21.9 Å². The molecule has 0 unspecified atom stereocenters. The number of nitrogens with zero attached hydrogens (tertiary/aromatic N) is 3. The van der Waals surface area contributed by atoms with Crippen LogP contribution in [-0.2, 0) is 0 Å². The van der Waals surface area contributed by atoms with Crippen molar-refractivity contribution in [2.75, 3.05) is 0 Å². The van der Waals surface area contributed by atoms with E-state index in [0.717, 1.165) is 49.9 Å². The van der Waals surface area contributed by atoms with Crippen molar-refractivity contribution < 1.29 is 16.8 Å². The Labute approximate surface area is 366 Å². The van der Waals surface area contributed by atoms with Crippen LogP contribution in [0.4, 0.5) is 0 Å². The maximum Gasteiger partial charge on any atom is 0.164 e. The van der Waals surface area contributed by atoms with Crippen LogP contribution in [0.1, 0.15) is 12.3 Å². The van der Waals surface area contributed by atoms with Crippen LogP contribution in [0, 0.1) is 0 Å². The fourth-order valence-corrected chi connectivity index (χ4v) is 7.72. The summed E-state index contributed by atoms with van der Waals surface area (Å²) in [7, 11) is 0. The smallest absolute Gasteiger partial charge is 0.164 e. The van der Waals surface area contributed by atoms with Crippen LogP contribution in [0.5, 0.6) is 0 Å². The zero-order chi connectivity index (χ0) is 48.4. The molecule has 11 aromatic rings. The third-order valence-corrected chi connectivity index (χ3v) is 10.7. The second kappa shape index (κ2) is 15.5. The van der Waals surface area contributed by atoms with E-state index in [0.29, 0.717) is 27.7 Å². The van der Waals surface area contributed by atoms with Crippen LogP contribution in [0.15, 0.2) is 229 Å². The van der Waals surface area contributed by atoms with Crippen molar-refractivity contribution in [2.24, 2.45) is 0 Å². The second-order valence-corrected chi connectivity index (χ2v) is 14.5. The summed E-state index contributed by atoms with van der Waals surface area (Å²) in [6.45, 7) is 0. The lowest BCUT2D eigenvalue weighted by molar-refractivity contribution is 0.670. The third-order valence-electron chi connectivity index (χ3n) is 10.7. The predicted molar refractivity (Wildman–Crippen MR) is 251 cm³/mol. The highest BCUT2D eigenvalue weighted by molar-refractivity contribution is 6.15. The molecule has 2 aromatic heterocycles. The minimum atomic E-state index is -0.660. The molecule has 0 aliphatic carbocycles. The van der Waals surface area contributed by atoms with E-state index in [1.165, 1.54) is 0 Å². The van der Waals surface area contributed by atoms with E-state index in [1.54, 1.807) is 0 Å². The number of hydrogen-bond acceptors (Lipinski definition) is 4. The Kier molecular flexibility index (Phi) is 6.99.